The van der Waals surface area contributed by atoms with Gasteiger partial charge in [0, 0.05) is 0 Å². The molecule has 6 heteroatoms. The molecule has 3 aliphatic heterocycles. The van der Waals surface area contributed by atoms with E-state index >= 15 is 0 Å². The van der Waals surface area contributed by atoms with Crippen molar-refractivity contribution in [2.45, 2.75) is 103 Å². The van der Waals surface area contributed by atoms with E-state index in [2.05, 4.69) is 20.8 Å². The molecule has 0 aromatic rings. The van der Waals surface area contributed by atoms with E-state index in [-0.39, 0.29) is 24.4 Å². The summed E-state index contributed by atoms with van der Waals surface area (Å²) in [7, 11) is 0. The van der Waals surface area contributed by atoms with E-state index in [1.807, 2.05) is 20.8 Å². The Labute approximate surface area is 145 Å². The van der Waals surface area contributed by atoms with E-state index < -0.39 is 17.4 Å². The van der Waals surface area contributed by atoms with Crippen molar-refractivity contribution >= 4 is 0 Å². The first-order chi connectivity index (χ1) is 11.3. The Morgan fingerprint density at radius 3 is 1.29 bits per heavy atom. The Morgan fingerprint density at radius 2 is 1.00 bits per heavy atom. The van der Waals surface area contributed by atoms with Gasteiger partial charge in [-0.05, 0) is 40.0 Å². The van der Waals surface area contributed by atoms with E-state index in [1.165, 1.54) is 0 Å². The van der Waals surface area contributed by atoms with Crippen LogP contribution in [0.15, 0.2) is 0 Å². The molecule has 3 heterocycles. The minimum absolute atomic E-state index is 0.162. The molecule has 0 amide bonds. The molecular formula is C18H32O6. The van der Waals surface area contributed by atoms with Crippen molar-refractivity contribution in [3.8, 4) is 0 Å². The van der Waals surface area contributed by atoms with Crippen LogP contribution in [0.2, 0.25) is 0 Å². The van der Waals surface area contributed by atoms with Crippen LogP contribution in [0.5, 0.6) is 0 Å². The molecule has 3 aliphatic rings. The predicted octanol–water partition coefficient (Wildman–Crippen LogP) is 2.98. The maximum Gasteiger partial charge on any atom is 0.166 e. The lowest BCUT2D eigenvalue weighted by molar-refractivity contribution is -0.193. The molecule has 0 aliphatic carbocycles. The van der Waals surface area contributed by atoms with Gasteiger partial charge < -0.3 is 28.4 Å². The van der Waals surface area contributed by atoms with Crippen molar-refractivity contribution in [2.75, 3.05) is 13.2 Å². The zero-order valence-electron chi connectivity index (χ0n) is 15.8. The van der Waals surface area contributed by atoms with Crippen molar-refractivity contribution in [1.82, 2.24) is 0 Å². The van der Waals surface area contributed by atoms with Gasteiger partial charge in [0.05, 0.1) is 13.2 Å². The first kappa shape index (κ1) is 18.5. The molecule has 0 aromatic carbocycles. The standard InChI is InChI=1S/C18H32O6/c1-7-16(4)19-10-12(21-16)14-15(24-18(6,9-3)23-14)13-11-20-17(5,8-2)22-13/h12-15H,7-11H2,1-6H3/t12-,13+,14-,15-,16?,17?,18?/m1/s1. The minimum Gasteiger partial charge on any atom is -0.347 e. The van der Waals surface area contributed by atoms with Crippen molar-refractivity contribution in [3.05, 3.63) is 0 Å². The van der Waals surface area contributed by atoms with Gasteiger partial charge in [0.1, 0.15) is 24.4 Å². The van der Waals surface area contributed by atoms with Gasteiger partial charge in [-0.2, -0.15) is 0 Å². The second-order valence-corrected chi connectivity index (χ2v) is 7.56. The van der Waals surface area contributed by atoms with Gasteiger partial charge in [0.25, 0.3) is 0 Å². The first-order valence-electron chi connectivity index (χ1n) is 9.24. The van der Waals surface area contributed by atoms with E-state index in [4.69, 9.17) is 28.4 Å². The Balaban J connectivity index is 1.76. The summed E-state index contributed by atoms with van der Waals surface area (Å²) in [4.78, 5) is 0. The number of hydrogen-bond acceptors (Lipinski definition) is 6. The van der Waals surface area contributed by atoms with E-state index in [1.54, 1.807) is 0 Å². The number of rotatable bonds is 5. The summed E-state index contributed by atoms with van der Waals surface area (Å²) in [6.45, 7) is 13.1. The van der Waals surface area contributed by atoms with E-state index in [0.29, 0.717) is 13.2 Å². The molecule has 3 saturated heterocycles. The lowest BCUT2D eigenvalue weighted by Crippen LogP contribution is -2.45. The van der Waals surface area contributed by atoms with Crippen molar-refractivity contribution in [1.29, 1.82) is 0 Å². The fourth-order valence-electron chi connectivity index (χ4n) is 3.47. The van der Waals surface area contributed by atoms with Gasteiger partial charge in [0.2, 0.25) is 0 Å². The van der Waals surface area contributed by atoms with Gasteiger partial charge >= 0.3 is 0 Å². The van der Waals surface area contributed by atoms with Crippen LogP contribution in [0.3, 0.4) is 0 Å². The third kappa shape index (κ3) is 3.37. The molecule has 0 N–H and O–H groups in total. The monoisotopic (exact) mass is 344 g/mol. The third-order valence-electron chi connectivity index (χ3n) is 5.66. The summed E-state index contributed by atoms with van der Waals surface area (Å²) in [6.07, 6.45) is 1.58. The number of ether oxygens (including phenoxy) is 6. The molecule has 0 spiro atoms. The van der Waals surface area contributed by atoms with Gasteiger partial charge in [-0.25, -0.2) is 0 Å². The van der Waals surface area contributed by atoms with Crippen LogP contribution < -0.4 is 0 Å². The molecule has 3 fully saturated rings. The van der Waals surface area contributed by atoms with Crippen LogP contribution in [-0.4, -0.2) is 55.0 Å². The SMILES string of the molecule is CCC1(C)O[C@H]([C@@H]2COC(C)(CC)O2)[C@@H]([C@H]2COC(C)(CC)O2)O1. The Morgan fingerprint density at radius 1 is 0.625 bits per heavy atom. The molecule has 3 rings (SSSR count). The predicted molar refractivity (Wildman–Crippen MR) is 87.5 cm³/mol. The highest BCUT2D eigenvalue weighted by atomic mass is 16.8. The molecular weight excluding hydrogens is 312 g/mol. The van der Waals surface area contributed by atoms with Crippen LogP contribution in [-0.2, 0) is 28.4 Å². The summed E-state index contributed by atoms with van der Waals surface area (Å²) in [5.74, 6) is -1.72. The lowest BCUT2D eigenvalue weighted by atomic mass is 10.0. The average Bonchev–Trinajstić information content (AvgIpc) is 3.25. The zero-order valence-corrected chi connectivity index (χ0v) is 15.8. The van der Waals surface area contributed by atoms with E-state index in [9.17, 15) is 0 Å². The molecule has 6 nitrogen and oxygen atoms in total. The molecule has 0 bridgehead atoms. The van der Waals surface area contributed by atoms with Crippen molar-refractivity contribution in [3.63, 3.8) is 0 Å². The Hall–Kier alpha value is -0.240. The highest BCUT2D eigenvalue weighted by Gasteiger charge is 2.56. The normalized spacial score (nSPS) is 52.2. The smallest absolute Gasteiger partial charge is 0.166 e. The van der Waals surface area contributed by atoms with Gasteiger partial charge in [-0.15, -0.1) is 0 Å². The maximum absolute atomic E-state index is 6.28. The van der Waals surface area contributed by atoms with Gasteiger partial charge in [-0.1, -0.05) is 20.8 Å². The largest absolute Gasteiger partial charge is 0.347 e. The summed E-state index contributed by atoms with van der Waals surface area (Å²) >= 11 is 0. The minimum atomic E-state index is -0.627. The average molecular weight is 344 g/mol. The summed E-state index contributed by atoms with van der Waals surface area (Å²) in [6, 6.07) is 0. The van der Waals surface area contributed by atoms with E-state index in [0.717, 1.165) is 19.3 Å². The fourth-order valence-corrected chi connectivity index (χ4v) is 3.47. The second-order valence-electron chi connectivity index (χ2n) is 7.56. The third-order valence-corrected chi connectivity index (χ3v) is 5.66. The van der Waals surface area contributed by atoms with Crippen LogP contribution in [0, 0.1) is 0 Å². The highest BCUT2D eigenvalue weighted by Crippen LogP contribution is 2.42. The quantitative estimate of drug-likeness (QED) is 0.764. The topological polar surface area (TPSA) is 55.4 Å². The number of hydrogen-bond donors (Lipinski definition) is 0. The van der Waals surface area contributed by atoms with Crippen LogP contribution in [0.4, 0.5) is 0 Å². The van der Waals surface area contributed by atoms with Crippen molar-refractivity contribution < 1.29 is 28.4 Å². The van der Waals surface area contributed by atoms with Gasteiger partial charge in [0.15, 0.2) is 17.4 Å². The van der Waals surface area contributed by atoms with Gasteiger partial charge in [-0.3, -0.25) is 0 Å². The first-order valence-corrected chi connectivity index (χ1v) is 9.24. The lowest BCUT2D eigenvalue weighted by Gasteiger charge is -2.28. The maximum atomic E-state index is 6.28. The molecule has 24 heavy (non-hydrogen) atoms. The summed E-state index contributed by atoms with van der Waals surface area (Å²) < 4.78 is 36.6. The van der Waals surface area contributed by atoms with Crippen LogP contribution >= 0.6 is 0 Å². The second kappa shape index (κ2) is 6.49. The molecule has 0 saturated carbocycles. The molecule has 7 atom stereocenters. The summed E-state index contributed by atoms with van der Waals surface area (Å²) in [5, 5.41) is 0. The fraction of sp³-hybridized carbons (Fsp3) is 1.00. The van der Waals surface area contributed by atoms with Crippen LogP contribution in [0.1, 0.15) is 60.8 Å². The van der Waals surface area contributed by atoms with Crippen LogP contribution in [0.25, 0.3) is 0 Å². The Bertz CT molecular complexity index is 421. The molecule has 0 radical (unpaired) electrons. The molecule has 0 aromatic heterocycles. The summed E-state index contributed by atoms with van der Waals surface area (Å²) in [5.41, 5.74) is 0. The molecule has 140 valence electrons. The molecule has 3 unspecified atom stereocenters. The zero-order chi connectivity index (χ0) is 17.6. The highest BCUT2D eigenvalue weighted by molar-refractivity contribution is 4.97. The van der Waals surface area contributed by atoms with Crippen molar-refractivity contribution in [2.24, 2.45) is 0 Å². The Kier molecular flexibility index (Phi) is 5.01.